The van der Waals surface area contributed by atoms with Crippen LogP contribution in [0.5, 0.6) is 5.88 Å². The summed E-state index contributed by atoms with van der Waals surface area (Å²) in [5.41, 5.74) is 1.02. The molecular formula is C12H20N2O2. The molecule has 0 aliphatic rings. The highest BCUT2D eigenvalue weighted by Gasteiger charge is 1.94. The van der Waals surface area contributed by atoms with Gasteiger partial charge in [-0.1, -0.05) is 12.8 Å². The van der Waals surface area contributed by atoms with Crippen LogP contribution in [0.15, 0.2) is 18.3 Å². The summed E-state index contributed by atoms with van der Waals surface area (Å²) < 4.78 is 4.98. The Kier molecular flexibility index (Phi) is 6.33. The molecule has 0 aliphatic carbocycles. The van der Waals surface area contributed by atoms with Gasteiger partial charge in [0.1, 0.15) is 0 Å². The smallest absolute Gasteiger partial charge is 0.213 e. The minimum atomic E-state index is 0.301. The molecule has 0 saturated heterocycles. The predicted molar refractivity (Wildman–Crippen MR) is 64.8 cm³/mol. The molecule has 16 heavy (non-hydrogen) atoms. The number of aromatic nitrogens is 1. The summed E-state index contributed by atoms with van der Waals surface area (Å²) in [7, 11) is 1.61. The number of hydrogen-bond acceptors (Lipinski definition) is 4. The van der Waals surface area contributed by atoms with Gasteiger partial charge >= 0.3 is 0 Å². The number of anilines is 1. The highest BCUT2D eigenvalue weighted by atomic mass is 16.5. The molecular weight excluding hydrogens is 204 g/mol. The first kappa shape index (κ1) is 12.8. The normalized spacial score (nSPS) is 10.1. The number of rotatable bonds is 8. The molecule has 1 aromatic rings. The summed E-state index contributed by atoms with van der Waals surface area (Å²) in [4.78, 5) is 4.11. The molecule has 2 N–H and O–H groups in total. The van der Waals surface area contributed by atoms with Gasteiger partial charge in [0.05, 0.1) is 19.0 Å². The monoisotopic (exact) mass is 224 g/mol. The molecule has 4 nitrogen and oxygen atoms in total. The van der Waals surface area contributed by atoms with Crippen molar-refractivity contribution in [2.45, 2.75) is 25.7 Å². The molecule has 0 aromatic carbocycles. The minimum Gasteiger partial charge on any atom is -0.481 e. The Morgan fingerprint density at radius 2 is 2.06 bits per heavy atom. The lowest BCUT2D eigenvalue weighted by atomic mass is 10.2. The third kappa shape index (κ3) is 4.98. The van der Waals surface area contributed by atoms with E-state index < -0.39 is 0 Å². The molecule has 0 fully saturated rings. The average molecular weight is 224 g/mol. The Morgan fingerprint density at radius 3 is 2.69 bits per heavy atom. The summed E-state index contributed by atoms with van der Waals surface area (Å²) in [5.74, 6) is 0.633. The first-order valence-corrected chi connectivity index (χ1v) is 5.71. The zero-order chi connectivity index (χ0) is 11.6. The van der Waals surface area contributed by atoms with Gasteiger partial charge in [0.15, 0.2) is 0 Å². The molecule has 0 saturated carbocycles. The number of unbranched alkanes of at least 4 members (excludes halogenated alkanes) is 3. The second kappa shape index (κ2) is 7.93. The van der Waals surface area contributed by atoms with Crippen molar-refractivity contribution >= 4 is 5.69 Å². The van der Waals surface area contributed by atoms with E-state index in [-0.39, 0.29) is 0 Å². The van der Waals surface area contributed by atoms with Crippen molar-refractivity contribution in [3.8, 4) is 5.88 Å². The SMILES string of the molecule is COc1ccc(NCCCCCCO)cn1. The predicted octanol–water partition coefficient (Wildman–Crippen LogP) is 2.05. The Balaban J connectivity index is 2.12. The number of aliphatic hydroxyl groups is 1. The molecule has 90 valence electrons. The largest absolute Gasteiger partial charge is 0.481 e. The van der Waals surface area contributed by atoms with E-state index in [1.165, 1.54) is 0 Å². The average Bonchev–Trinajstić information content (AvgIpc) is 2.34. The van der Waals surface area contributed by atoms with Crippen LogP contribution in [-0.2, 0) is 0 Å². The summed E-state index contributed by atoms with van der Waals surface area (Å²) in [5, 5.41) is 11.9. The van der Waals surface area contributed by atoms with E-state index in [9.17, 15) is 0 Å². The maximum absolute atomic E-state index is 8.61. The zero-order valence-corrected chi connectivity index (χ0v) is 9.78. The van der Waals surface area contributed by atoms with Gasteiger partial charge in [0.2, 0.25) is 5.88 Å². The third-order valence-corrected chi connectivity index (χ3v) is 2.36. The molecule has 1 aromatic heterocycles. The molecule has 1 rings (SSSR count). The van der Waals surface area contributed by atoms with Crippen molar-refractivity contribution in [2.24, 2.45) is 0 Å². The van der Waals surface area contributed by atoms with Crippen molar-refractivity contribution in [3.05, 3.63) is 18.3 Å². The number of nitrogens with one attached hydrogen (secondary N) is 1. The second-order valence-electron chi connectivity index (χ2n) is 3.65. The summed E-state index contributed by atoms with van der Waals surface area (Å²) >= 11 is 0. The molecule has 0 bridgehead atoms. The van der Waals surface area contributed by atoms with Gasteiger partial charge in [-0.2, -0.15) is 0 Å². The fourth-order valence-electron chi connectivity index (χ4n) is 1.43. The van der Waals surface area contributed by atoms with Gasteiger partial charge in [0.25, 0.3) is 0 Å². The minimum absolute atomic E-state index is 0.301. The fraction of sp³-hybridized carbons (Fsp3) is 0.583. The highest BCUT2D eigenvalue weighted by Crippen LogP contribution is 2.11. The Morgan fingerprint density at radius 1 is 1.25 bits per heavy atom. The topological polar surface area (TPSA) is 54.4 Å². The quantitative estimate of drug-likeness (QED) is 0.664. The lowest BCUT2D eigenvalue weighted by Crippen LogP contribution is -2.02. The van der Waals surface area contributed by atoms with Crippen LogP contribution in [0.25, 0.3) is 0 Å². The fourth-order valence-corrected chi connectivity index (χ4v) is 1.43. The van der Waals surface area contributed by atoms with Gasteiger partial charge in [-0.3, -0.25) is 0 Å². The number of hydrogen-bond donors (Lipinski definition) is 2. The van der Waals surface area contributed by atoms with E-state index in [1.54, 1.807) is 13.3 Å². The number of nitrogens with zero attached hydrogens (tertiary/aromatic N) is 1. The molecule has 0 aliphatic heterocycles. The maximum Gasteiger partial charge on any atom is 0.213 e. The van der Waals surface area contributed by atoms with Crippen molar-refractivity contribution < 1.29 is 9.84 Å². The van der Waals surface area contributed by atoms with E-state index in [0.29, 0.717) is 12.5 Å². The maximum atomic E-state index is 8.61. The molecule has 0 amide bonds. The van der Waals surface area contributed by atoms with E-state index in [4.69, 9.17) is 9.84 Å². The molecule has 0 unspecified atom stereocenters. The number of pyridine rings is 1. The van der Waals surface area contributed by atoms with Crippen molar-refractivity contribution in [2.75, 3.05) is 25.6 Å². The highest BCUT2D eigenvalue weighted by molar-refractivity contribution is 5.41. The second-order valence-corrected chi connectivity index (χ2v) is 3.65. The van der Waals surface area contributed by atoms with Gasteiger partial charge in [-0.05, 0) is 18.9 Å². The number of methoxy groups -OCH3 is 1. The van der Waals surface area contributed by atoms with Gasteiger partial charge in [-0.15, -0.1) is 0 Å². The van der Waals surface area contributed by atoms with Crippen LogP contribution < -0.4 is 10.1 Å². The molecule has 0 radical (unpaired) electrons. The van der Waals surface area contributed by atoms with Crippen LogP contribution >= 0.6 is 0 Å². The lowest BCUT2D eigenvalue weighted by molar-refractivity contribution is 0.283. The van der Waals surface area contributed by atoms with Crippen LogP contribution in [0, 0.1) is 0 Å². The standard InChI is InChI=1S/C12H20N2O2/c1-16-12-7-6-11(10-14-12)13-8-4-2-3-5-9-15/h6-7,10,13,15H,2-5,8-9H2,1H3. The van der Waals surface area contributed by atoms with Gasteiger partial charge < -0.3 is 15.2 Å². The van der Waals surface area contributed by atoms with E-state index in [1.807, 2.05) is 12.1 Å². The summed E-state index contributed by atoms with van der Waals surface area (Å²) in [6, 6.07) is 3.80. The van der Waals surface area contributed by atoms with E-state index in [0.717, 1.165) is 37.9 Å². The van der Waals surface area contributed by atoms with Crippen LogP contribution in [0.3, 0.4) is 0 Å². The zero-order valence-electron chi connectivity index (χ0n) is 9.78. The summed E-state index contributed by atoms with van der Waals surface area (Å²) in [6.45, 7) is 1.25. The van der Waals surface area contributed by atoms with Gasteiger partial charge in [0, 0.05) is 19.2 Å². The van der Waals surface area contributed by atoms with E-state index in [2.05, 4.69) is 10.3 Å². The number of ether oxygens (including phenoxy) is 1. The van der Waals surface area contributed by atoms with Crippen molar-refractivity contribution in [3.63, 3.8) is 0 Å². The third-order valence-electron chi connectivity index (χ3n) is 2.36. The summed E-state index contributed by atoms with van der Waals surface area (Å²) in [6.07, 6.45) is 6.04. The van der Waals surface area contributed by atoms with Crippen molar-refractivity contribution in [1.29, 1.82) is 0 Å². The lowest BCUT2D eigenvalue weighted by Gasteiger charge is -2.06. The van der Waals surface area contributed by atoms with Crippen LogP contribution in [0.1, 0.15) is 25.7 Å². The Labute approximate surface area is 96.7 Å². The molecule has 1 heterocycles. The van der Waals surface area contributed by atoms with Crippen LogP contribution in [0.4, 0.5) is 5.69 Å². The number of aliphatic hydroxyl groups excluding tert-OH is 1. The molecule has 0 atom stereocenters. The Hall–Kier alpha value is -1.29. The molecule has 4 heteroatoms. The first-order chi connectivity index (χ1) is 7.86. The van der Waals surface area contributed by atoms with Crippen LogP contribution in [0.2, 0.25) is 0 Å². The first-order valence-electron chi connectivity index (χ1n) is 5.71. The van der Waals surface area contributed by atoms with Crippen molar-refractivity contribution in [1.82, 2.24) is 4.98 Å². The van der Waals surface area contributed by atoms with Crippen LogP contribution in [-0.4, -0.2) is 30.4 Å². The van der Waals surface area contributed by atoms with E-state index >= 15 is 0 Å². The molecule has 0 spiro atoms. The van der Waals surface area contributed by atoms with Gasteiger partial charge in [-0.25, -0.2) is 4.98 Å². The Bertz CT molecular complexity index is 275.